The summed E-state index contributed by atoms with van der Waals surface area (Å²) in [6.07, 6.45) is 0. The second-order valence-electron chi connectivity index (χ2n) is 5.97. The maximum atomic E-state index is 12.5. The van der Waals surface area contributed by atoms with Crippen LogP contribution in [0.4, 0.5) is 0 Å². The number of thiazole rings is 1. The molecule has 0 fully saturated rings. The first-order chi connectivity index (χ1) is 13.5. The van der Waals surface area contributed by atoms with E-state index < -0.39 is 10.0 Å². The van der Waals surface area contributed by atoms with Crippen molar-refractivity contribution in [2.45, 2.75) is 25.3 Å². The maximum absolute atomic E-state index is 12.5. The molecular weight excluding hydrogens is 414 g/mol. The number of benzene rings is 1. The fourth-order valence-corrected chi connectivity index (χ4v) is 5.63. The topological polar surface area (TPSA) is 79.4 Å². The Bertz CT molecular complexity index is 1020. The molecule has 0 aliphatic carbocycles. The molecule has 3 aromatic rings. The van der Waals surface area contributed by atoms with Gasteiger partial charge < -0.3 is 5.32 Å². The Morgan fingerprint density at radius 2 is 1.82 bits per heavy atom. The zero-order valence-corrected chi connectivity index (χ0v) is 18.0. The summed E-state index contributed by atoms with van der Waals surface area (Å²) in [5.41, 5.74) is 2.21. The molecule has 2 aromatic heterocycles. The van der Waals surface area contributed by atoms with Gasteiger partial charge in [-0.05, 0) is 29.1 Å². The third-order valence-corrected chi connectivity index (χ3v) is 7.86. The Kier molecular flexibility index (Phi) is 6.61. The lowest BCUT2D eigenvalue weighted by molar-refractivity contribution is 0.0946. The van der Waals surface area contributed by atoms with Gasteiger partial charge in [0.25, 0.3) is 5.91 Å². The number of sulfonamides is 1. The van der Waals surface area contributed by atoms with E-state index in [1.165, 1.54) is 15.6 Å². The fraction of sp³-hybridized carbons (Fsp3) is 0.263. The summed E-state index contributed by atoms with van der Waals surface area (Å²) in [6.45, 7) is 4.78. The first kappa shape index (κ1) is 20.7. The van der Waals surface area contributed by atoms with Crippen molar-refractivity contribution in [1.29, 1.82) is 0 Å². The summed E-state index contributed by atoms with van der Waals surface area (Å²) >= 11 is 3.02. The molecule has 1 aromatic carbocycles. The average Bonchev–Trinajstić information content (AvgIpc) is 3.38. The van der Waals surface area contributed by atoms with E-state index in [0.717, 1.165) is 16.1 Å². The molecule has 9 heteroatoms. The highest BCUT2D eigenvalue weighted by Gasteiger charge is 2.21. The monoisotopic (exact) mass is 435 g/mol. The number of hydrogen-bond donors (Lipinski definition) is 1. The number of hydrogen-bond acceptors (Lipinski definition) is 6. The van der Waals surface area contributed by atoms with Gasteiger partial charge in [0.1, 0.15) is 10.7 Å². The van der Waals surface area contributed by atoms with Gasteiger partial charge in [-0.1, -0.05) is 26.0 Å². The van der Waals surface area contributed by atoms with Gasteiger partial charge in [0, 0.05) is 36.0 Å². The predicted octanol–water partition coefficient (Wildman–Crippen LogP) is 3.83. The molecule has 0 aliphatic rings. The van der Waals surface area contributed by atoms with Crippen LogP contribution >= 0.6 is 22.7 Å². The minimum Gasteiger partial charge on any atom is -0.347 e. The van der Waals surface area contributed by atoms with Gasteiger partial charge in [-0.15, -0.1) is 11.3 Å². The SMILES string of the molecule is CCN(CC)S(=O)(=O)c1ccc(CNC(=O)c2csc(-c3ccsc3)n2)cc1. The molecule has 0 aliphatic heterocycles. The van der Waals surface area contributed by atoms with Crippen LogP contribution in [0, 0.1) is 0 Å². The average molecular weight is 436 g/mol. The van der Waals surface area contributed by atoms with Gasteiger partial charge in [-0.3, -0.25) is 4.79 Å². The lowest BCUT2D eigenvalue weighted by Crippen LogP contribution is -2.30. The molecule has 1 N–H and O–H groups in total. The summed E-state index contributed by atoms with van der Waals surface area (Å²) in [4.78, 5) is 17.0. The molecule has 0 radical (unpaired) electrons. The van der Waals surface area contributed by atoms with Gasteiger partial charge >= 0.3 is 0 Å². The molecule has 0 saturated heterocycles. The number of carbonyl (C=O) groups is 1. The minimum atomic E-state index is -3.47. The van der Waals surface area contributed by atoms with Crippen LogP contribution in [0.15, 0.2) is 51.4 Å². The van der Waals surface area contributed by atoms with E-state index in [1.54, 1.807) is 41.0 Å². The minimum absolute atomic E-state index is 0.252. The van der Waals surface area contributed by atoms with E-state index in [2.05, 4.69) is 10.3 Å². The first-order valence-corrected chi connectivity index (χ1v) is 12.1. The summed E-state index contributed by atoms with van der Waals surface area (Å²) in [6, 6.07) is 8.56. The van der Waals surface area contributed by atoms with Crippen LogP contribution in [0.1, 0.15) is 29.9 Å². The number of aromatic nitrogens is 1. The van der Waals surface area contributed by atoms with Gasteiger partial charge in [-0.25, -0.2) is 13.4 Å². The van der Waals surface area contributed by atoms with E-state index in [1.807, 2.05) is 30.7 Å². The van der Waals surface area contributed by atoms with Gasteiger partial charge in [0.05, 0.1) is 4.90 Å². The summed E-state index contributed by atoms with van der Waals surface area (Å²) in [5.74, 6) is -0.252. The van der Waals surface area contributed by atoms with Crippen LogP contribution in [0.25, 0.3) is 10.6 Å². The molecule has 0 bridgehead atoms. The van der Waals surface area contributed by atoms with E-state index in [-0.39, 0.29) is 10.8 Å². The normalized spacial score (nSPS) is 11.7. The highest BCUT2D eigenvalue weighted by molar-refractivity contribution is 7.89. The Balaban J connectivity index is 1.63. The standard InChI is InChI=1S/C19H21N3O3S3/c1-3-22(4-2)28(24,25)16-7-5-14(6-8-16)11-20-18(23)17-13-27-19(21-17)15-9-10-26-12-15/h5-10,12-13H,3-4,11H2,1-2H3,(H,20,23). The van der Waals surface area contributed by atoms with Crippen LogP contribution in [0.2, 0.25) is 0 Å². The third kappa shape index (κ3) is 4.49. The number of amides is 1. The maximum Gasteiger partial charge on any atom is 0.271 e. The van der Waals surface area contributed by atoms with E-state index in [0.29, 0.717) is 25.3 Å². The molecule has 148 valence electrons. The Labute approximate surface area is 172 Å². The van der Waals surface area contributed by atoms with Crippen molar-refractivity contribution in [3.8, 4) is 10.6 Å². The second kappa shape index (κ2) is 8.95. The smallest absolute Gasteiger partial charge is 0.271 e. The van der Waals surface area contributed by atoms with Crippen LogP contribution in [0.5, 0.6) is 0 Å². The van der Waals surface area contributed by atoms with Crippen molar-refractivity contribution in [2.75, 3.05) is 13.1 Å². The van der Waals surface area contributed by atoms with E-state index in [4.69, 9.17) is 0 Å². The van der Waals surface area contributed by atoms with E-state index in [9.17, 15) is 13.2 Å². The number of carbonyl (C=O) groups excluding carboxylic acids is 1. The molecule has 28 heavy (non-hydrogen) atoms. The zero-order valence-electron chi connectivity index (χ0n) is 15.6. The molecule has 0 saturated carbocycles. The van der Waals surface area contributed by atoms with Crippen LogP contribution in [-0.4, -0.2) is 36.7 Å². The lowest BCUT2D eigenvalue weighted by Gasteiger charge is -2.18. The quantitative estimate of drug-likeness (QED) is 0.583. The molecule has 1 amide bonds. The second-order valence-corrected chi connectivity index (χ2v) is 9.54. The van der Waals surface area contributed by atoms with E-state index >= 15 is 0 Å². The van der Waals surface area contributed by atoms with Gasteiger partial charge in [0.2, 0.25) is 10.0 Å². The number of thiophene rings is 1. The van der Waals surface area contributed by atoms with Gasteiger partial charge in [-0.2, -0.15) is 15.6 Å². The largest absolute Gasteiger partial charge is 0.347 e. The molecule has 0 unspecified atom stereocenters. The molecule has 3 rings (SSSR count). The number of nitrogens with one attached hydrogen (secondary N) is 1. The van der Waals surface area contributed by atoms with Crippen molar-refractivity contribution < 1.29 is 13.2 Å². The predicted molar refractivity (Wildman–Crippen MR) is 113 cm³/mol. The Morgan fingerprint density at radius 3 is 2.43 bits per heavy atom. The van der Waals surface area contributed by atoms with Crippen molar-refractivity contribution in [2.24, 2.45) is 0 Å². The number of rotatable bonds is 8. The highest BCUT2D eigenvalue weighted by atomic mass is 32.2. The van der Waals surface area contributed by atoms with Crippen molar-refractivity contribution in [3.05, 3.63) is 57.7 Å². The van der Waals surface area contributed by atoms with Gasteiger partial charge in [0.15, 0.2) is 0 Å². The fourth-order valence-electron chi connectivity index (χ4n) is 2.66. The lowest BCUT2D eigenvalue weighted by atomic mass is 10.2. The molecule has 0 spiro atoms. The van der Waals surface area contributed by atoms with Crippen molar-refractivity contribution in [3.63, 3.8) is 0 Å². The van der Waals surface area contributed by atoms with Crippen molar-refractivity contribution >= 4 is 38.6 Å². The molecule has 2 heterocycles. The summed E-state index contributed by atoms with van der Waals surface area (Å²) < 4.78 is 26.4. The molecular formula is C19H21N3O3S3. The van der Waals surface area contributed by atoms with Crippen LogP contribution < -0.4 is 5.32 Å². The highest BCUT2D eigenvalue weighted by Crippen LogP contribution is 2.25. The molecule has 6 nitrogen and oxygen atoms in total. The Hall–Kier alpha value is -2.07. The molecule has 0 atom stereocenters. The van der Waals surface area contributed by atoms with Crippen LogP contribution in [0.3, 0.4) is 0 Å². The summed E-state index contributed by atoms with van der Waals surface area (Å²) in [5, 5.41) is 9.35. The summed E-state index contributed by atoms with van der Waals surface area (Å²) in [7, 11) is -3.47. The third-order valence-electron chi connectivity index (χ3n) is 4.22. The first-order valence-electron chi connectivity index (χ1n) is 8.81. The Morgan fingerprint density at radius 1 is 1.11 bits per heavy atom. The van der Waals surface area contributed by atoms with Crippen LogP contribution in [-0.2, 0) is 16.6 Å². The zero-order chi connectivity index (χ0) is 20.1. The number of nitrogens with zero attached hydrogens (tertiary/aromatic N) is 2. The van der Waals surface area contributed by atoms with Crippen molar-refractivity contribution in [1.82, 2.24) is 14.6 Å².